The van der Waals surface area contributed by atoms with Crippen LogP contribution in [0.1, 0.15) is 42.1 Å². The highest BCUT2D eigenvalue weighted by molar-refractivity contribution is 6.30. The van der Waals surface area contributed by atoms with E-state index in [2.05, 4.69) is 19.2 Å². The minimum absolute atomic E-state index is 0.0687. The van der Waals surface area contributed by atoms with Crippen LogP contribution in [0.3, 0.4) is 0 Å². The third kappa shape index (κ3) is 5.76. The third-order valence-electron chi connectivity index (χ3n) is 6.15. The van der Waals surface area contributed by atoms with Crippen LogP contribution in [0, 0.1) is 11.8 Å². The van der Waals surface area contributed by atoms with E-state index in [9.17, 15) is 9.59 Å². The molecule has 1 aliphatic heterocycles. The minimum Gasteiger partial charge on any atom is -0.493 e. The fourth-order valence-electron chi connectivity index (χ4n) is 4.31. The molecule has 184 valence electrons. The predicted octanol–water partition coefficient (Wildman–Crippen LogP) is 4.38. The SMILES string of the molecule is COc1cc([C@H]2CN(C(=O)c3cccc(Cl)c3)C[C@H]2C(=O)NCCC(C)C)cc(OC)c1OC. The van der Waals surface area contributed by atoms with E-state index >= 15 is 0 Å². The van der Waals surface area contributed by atoms with Gasteiger partial charge in [-0.15, -0.1) is 0 Å². The summed E-state index contributed by atoms with van der Waals surface area (Å²) < 4.78 is 16.5. The van der Waals surface area contributed by atoms with Crippen molar-refractivity contribution >= 4 is 23.4 Å². The van der Waals surface area contributed by atoms with Crippen LogP contribution in [0.5, 0.6) is 17.2 Å². The van der Waals surface area contributed by atoms with Crippen LogP contribution < -0.4 is 19.5 Å². The molecule has 2 atom stereocenters. The summed E-state index contributed by atoms with van der Waals surface area (Å²) in [6.45, 7) is 5.52. The molecule has 0 saturated carbocycles. The predicted molar refractivity (Wildman–Crippen MR) is 132 cm³/mol. The number of hydrogen-bond acceptors (Lipinski definition) is 5. The summed E-state index contributed by atoms with van der Waals surface area (Å²) >= 11 is 6.10. The van der Waals surface area contributed by atoms with Crippen molar-refractivity contribution < 1.29 is 23.8 Å². The van der Waals surface area contributed by atoms with Crippen LogP contribution in [-0.4, -0.2) is 57.7 Å². The van der Waals surface area contributed by atoms with E-state index in [4.69, 9.17) is 25.8 Å². The number of amides is 2. The first-order chi connectivity index (χ1) is 16.3. The van der Waals surface area contributed by atoms with Gasteiger partial charge in [0.2, 0.25) is 11.7 Å². The smallest absolute Gasteiger partial charge is 0.253 e. The number of ether oxygens (including phenoxy) is 3. The van der Waals surface area contributed by atoms with Gasteiger partial charge < -0.3 is 24.4 Å². The Kier molecular flexibility index (Phi) is 8.67. The second-order valence-electron chi connectivity index (χ2n) is 8.87. The van der Waals surface area contributed by atoms with Gasteiger partial charge in [-0.05, 0) is 48.2 Å². The molecule has 1 heterocycles. The lowest BCUT2D eigenvalue weighted by molar-refractivity contribution is -0.124. The number of rotatable bonds is 9. The summed E-state index contributed by atoms with van der Waals surface area (Å²) in [7, 11) is 4.66. The van der Waals surface area contributed by atoms with Crippen molar-refractivity contribution in [1.82, 2.24) is 10.2 Å². The van der Waals surface area contributed by atoms with Crippen LogP contribution in [-0.2, 0) is 4.79 Å². The van der Waals surface area contributed by atoms with Gasteiger partial charge in [0, 0.05) is 36.1 Å². The summed E-state index contributed by atoms with van der Waals surface area (Å²) in [4.78, 5) is 28.2. The number of nitrogens with one attached hydrogen (secondary N) is 1. The molecule has 1 fully saturated rings. The van der Waals surface area contributed by atoms with Crippen molar-refractivity contribution in [2.75, 3.05) is 41.0 Å². The number of carbonyl (C=O) groups excluding carboxylic acids is 2. The highest BCUT2D eigenvalue weighted by atomic mass is 35.5. The zero-order valence-electron chi connectivity index (χ0n) is 20.4. The Balaban J connectivity index is 1.94. The standard InChI is InChI=1S/C26H33ClN2O5/c1-16(2)9-10-28-25(30)21-15-29(26(31)17-7-6-8-19(27)11-17)14-20(21)18-12-22(32-3)24(34-5)23(13-18)33-4/h6-8,11-13,16,20-21H,9-10,14-15H2,1-5H3,(H,28,30)/t20-,21-/m1/s1. The Morgan fingerprint density at radius 3 is 2.29 bits per heavy atom. The molecule has 0 bridgehead atoms. The quantitative estimate of drug-likeness (QED) is 0.566. The fourth-order valence-corrected chi connectivity index (χ4v) is 4.50. The summed E-state index contributed by atoms with van der Waals surface area (Å²) in [5.41, 5.74) is 1.34. The van der Waals surface area contributed by atoms with Gasteiger partial charge >= 0.3 is 0 Å². The molecule has 0 aliphatic carbocycles. The van der Waals surface area contributed by atoms with E-state index in [1.807, 2.05) is 12.1 Å². The third-order valence-corrected chi connectivity index (χ3v) is 6.39. The number of methoxy groups -OCH3 is 3. The maximum absolute atomic E-state index is 13.3. The molecule has 0 spiro atoms. The number of likely N-dealkylation sites (tertiary alicyclic amines) is 1. The normalized spacial score (nSPS) is 17.6. The Bertz CT molecular complexity index is 1000. The van der Waals surface area contributed by atoms with Gasteiger partial charge in [-0.25, -0.2) is 0 Å². The molecule has 2 aromatic rings. The number of hydrogen-bond donors (Lipinski definition) is 1. The number of halogens is 1. The zero-order chi connectivity index (χ0) is 24.8. The Morgan fingerprint density at radius 2 is 1.74 bits per heavy atom. The molecule has 2 aromatic carbocycles. The van der Waals surface area contributed by atoms with Crippen molar-refractivity contribution in [1.29, 1.82) is 0 Å². The monoisotopic (exact) mass is 488 g/mol. The Labute approximate surface area is 206 Å². The van der Waals surface area contributed by atoms with E-state index in [-0.39, 0.29) is 17.7 Å². The molecule has 7 nitrogen and oxygen atoms in total. The lowest BCUT2D eigenvalue weighted by atomic mass is 9.87. The number of carbonyl (C=O) groups is 2. The van der Waals surface area contributed by atoms with Gasteiger partial charge in [0.25, 0.3) is 5.91 Å². The maximum Gasteiger partial charge on any atom is 0.253 e. The van der Waals surface area contributed by atoms with Gasteiger partial charge in [-0.1, -0.05) is 31.5 Å². The lowest BCUT2D eigenvalue weighted by Crippen LogP contribution is -2.36. The second kappa shape index (κ2) is 11.5. The van der Waals surface area contributed by atoms with E-state index in [0.717, 1.165) is 12.0 Å². The van der Waals surface area contributed by atoms with Crippen molar-refractivity contribution in [3.05, 3.63) is 52.5 Å². The molecule has 8 heteroatoms. The Hall–Kier alpha value is -2.93. The van der Waals surface area contributed by atoms with Crippen molar-refractivity contribution in [3.8, 4) is 17.2 Å². The first-order valence-corrected chi connectivity index (χ1v) is 11.8. The molecule has 0 radical (unpaired) electrons. The van der Waals surface area contributed by atoms with Crippen LogP contribution in [0.4, 0.5) is 0 Å². The number of benzene rings is 2. The molecule has 0 aromatic heterocycles. The van der Waals surface area contributed by atoms with E-state index < -0.39 is 5.92 Å². The Morgan fingerprint density at radius 1 is 1.06 bits per heavy atom. The molecular weight excluding hydrogens is 456 g/mol. The average Bonchev–Trinajstić information content (AvgIpc) is 3.28. The van der Waals surface area contributed by atoms with Crippen molar-refractivity contribution in [2.24, 2.45) is 11.8 Å². The molecule has 34 heavy (non-hydrogen) atoms. The van der Waals surface area contributed by atoms with Crippen LogP contribution in [0.2, 0.25) is 5.02 Å². The molecular formula is C26H33ClN2O5. The lowest BCUT2D eigenvalue weighted by Gasteiger charge is -2.21. The number of nitrogens with zero attached hydrogens (tertiary/aromatic N) is 1. The van der Waals surface area contributed by atoms with E-state index in [0.29, 0.717) is 53.4 Å². The van der Waals surface area contributed by atoms with Crippen LogP contribution in [0.25, 0.3) is 0 Å². The molecule has 3 rings (SSSR count). The fraction of sp³-hybridized carbons (Fsp3) is 0.462. The molecule has 1 aliphatic rings. The average molecular weight is 489 g/mol. The summed E-state index contributed by atoms with van der Waals surface area (Å²) in [6.07, 6.45) is 0.887. The van der Waals surface area contributed by atoms with Gasteiger partial charge in [-0.2, -0.15) is 0 Å². The summed E-state index contributed by atoms with van der Waals surface area (Å²) in [6, 6.07) is 10.6. The highest BCUT2D eigenvalue weighted by Crippen LogP contribution is 2.43. The first-order valence-electron chi connectivity index (χ1n) is 11.4. The van der Waals surface area contributed by atoms with Gasteiger partial charge in [0.05, 0.1) is 27.2 Å². The van der Waals surface area contributed by atoms with Gasteiger partial charge in [-0.3, -0.25) is 9.59 Å². The summed E-state index contributed by atoms with van der Waals surface area (Å²) in [5, 5.41) is 3.55. The molecule has 2 amide bonds. The second-order valence-corrected chi connectivity index (χ2v) is 9.30. The van der Waals surface area contributed by atoms with Crippen LogP contribution >= 0.6 is 11.6 Å². The zero-order valence-corrected chi connectivity index (χ0v) is 21.1. The van der Waals surface area contributed by atoms with Crippen molar-refractivity contribution in [3.63, 3.8) is 0 Å². The van der Waals surface area contributed by atoms with E-state index in [1.165, 1.54) is 0 Å². The first kappa shape index (κ1) is 25.7. The molecule has 1 saturated heterocycles. The van der Waals surface area contributed by atoms with Crippen molar-refractivity contribution in [2.45, 2.75) is 26.2 Å². The maximum atomic E-state index is 13.3. The minimum atomic E-state index is -0.418. The molecule has 1 N–H and O–H groups in total. The molecule has 0 unspecified atom stereocenters. The van der Waals surface area contributed by atoms with Gasteiger partial charge in [0.1, 0.15) is 0 Å². The summed E-state index contributed by atoms with van der Waals surface area (Å²) in [5.74, 6) is 1.10. The largest absolute Gasteiger partial charge is 0.493 e. The topological polar surface area (TPSA) is 77.1 Å². The van der Waals surface area contributed by atoms with Gasteiger partial charge in [0.15, 0.2) is 11.5 Å². The highest BCUT2D eigenvalue weighted by Gasteiger charge is 2.41. The van der Waals surface area contributed by atoms with Crippen LogP contribution in [0.15, 0.2) is 36.4 Å². The van der Waals surface area contributed by atoms with E-state index in [1.54, 1.807) is 50.5 Å².